The van der Waals surface area contributed by atoms with Crippen molar-refractivity contribution in [2.45, 2.75) is 45.1 Å². The second-order valence-electron chi connectivity index (χ2n) is 8.11. The van der Waals surface area contributed by atoms with Crippen molar-refractivity contribution in [3.8, 4) is 0 Å². The van der Waals surface area contributed by atoms with Gasteiger partial charge in [0, 0.05) is 26.2 Å². The second kappa shape index (κ2) is 7.94. The molecule has 30 heavy (non-hydrogen) atoms. The molecule has 5 rings (SSSR count). The number of benzene rings is 1. The lowest BCUT2D eigenvalue weighted by molar-refractivity contribution is 0.0708. The van der Waals surface area contributed by atoms with Gasteiger partial charge in [0.1, 0.15) is 0 Å². The summed E-state index contributed by atoms with van der Waals surface area (Å²) in [5.41, 5.74) is 2.24. The van der Waals surface area contributed by atoms with Gasteiger partial charge in [-0.2, -0.15) is 0 Å². The van der Waals surface area contributed by atoms with Crippen molar-refractivity contribution in [3.63, 3.8) is 0 Å². The molecule has 2 aliphatic rings. The molecular formula is C22H25N5O2S. The van der Waals surface area contributed by atoms with Crippen LogP contribution in [0.5, 0.6) is 0 Å². The van der Waals surface area contributed by atoms with E-state index in [1.54, 1.807) is 0 Å². The average molecular weight is 424 g/mol. The van der Waals surface area contributed by atoms with Crippen LogP contribution in [-0.4, -0.2) is 54.8 Å². The van der Waals surface area contributed by atoms with Crippen LogP contribution in [0.25, 0.3) is 0 Å². The van der Waals surface area contributed by atoms with Gasteiger partial charge in [0.15, 0.2) is 11.6 Å². The standard InChI is InChI=1S/C22H25N5O2S/c1-15-7-10-30-20(15)22(29)25-8-9-27-19(14-25)23-24-21(27)18-11-17(28)13-26(18)12-16-5-3-2-4-6-16/h2-7,10,17-18,28H,8-9,11-14H2,1H3/t17-,18+/m1/s1. The third-order valence-electron chi connectivity index (χ3n) is 6.03. The van der Waals surface area contributed by atoms with Crippen molar-refractivity contribution in [2.24, 2.45) is 0 Å². The van der Waals surface area contributed by atoms with Gasteiger partial charge in [0.05, 0.1) is 23.6 Å². The Hall–Kier alpha value is -2.55. The number of hydrogen-bond donors (Lipinski definition) is 1. The lowest BCUT2D eigenvalue weighted by atomic mass is 10.1. The molecule has 0 aliphatic carbocycles. The zero-order valence-electron chi connectivity index (χ0n) is 16.9. The number of carbonyl (C=O) groups excluding carboxylic acids is 1. The molecular weight excluding hydrogens is 398 g/mol. The van der Waals surface area contributed by atoms with Crippen molar-refractivity contribution in [2.75, 3.05) is 13.1 Å². The summed E-state index contributed by atoms with van der Waals surface area (Å²) in [6.45, 7) is 5.16. The molecule has 8 heteroatoms. The van der Waals surface area contributed by atoms with E-state index in [1.807, 2.05) is 41.5 Å². The fourth-order valence-corrected chi connectivity index (χ4v) is 5.37. The van der Waals surface area contributed by atoms with Crippen LogP contribution in [0.1, 0.15) is 44.9 Å². The number of fused-ring (bicyclic) bond motifs is 1. The van der Waals surface area contributed by atoms with Gasteiger partial charge in [-0.1, -0.05) is 30.3 Å². The molecule has 1 saturated heterocycles. The molecule has 3 aromatic rings. The first kappa shape index (κ1) is 19.4. The molecule has 0 radical (unpaired) electrons. The second-order valence-corrected chi connectivity index (χ2v) is 9.02. The van der Waals surface area contributed by atoms with E-state index < -0.39 is 0 Å². The Bertz CT molecular complexity index is 1050. The Morgan fingerprint density at radius 2 is 2.03 bits per heavy atom. The van der Waals surface area contributed by atoms with Gasteiger partial charge in [-0.3, -0.25) is 9.69 Å². The first-order valence-corrected chi connectivity index (χ1v) is 11.2. The van der Waals surface area contributed by atoms with E-state index in [1.165, 1.54) is 16.9 Å². The minimum absolute atomic E-state index is 0.0308. The molecule has 1 amide bonds. The number of aryl methyl sites for hydroxylation is 1. The van der Waals surface area contributed by atoms with Crippen LogP contribution in [0.4, 0.5) is 0 Å². The number of aliphatic hydroxyl groups excluding tert-OH is 1. The number of aliphatic hydroxyl groups is 1. The highest BCUT2D eigenvalue weighted by Crippen LogP contribution is 2.34. The number of carbonyl (C=O) groups is 1. The Morgan fingerprint density at radius 1 is 1.20 bits per heavy atom. The maximum Gasteiger partial charge on any atom is 0.264 e. The molecule has 156 valence electrons. The number of aromatic nitrogens is 3. The Kier molecular flexibility index (Phi) is 5.14. The quantitative estimate of drug-likeness (QED) is 0.698. The maximum atomic E-state index is 12.9. The smallest absolute Gasteiger partial charge is 0.264 e. The van der Waals surface area contributed by atoms with E-state index in [2.05, 4.69) is 31.8 Å². The van der Waals surface area contributed by atoms with Gasteiger partial charge in [-0.15, -0.1) is 21.5 Å². The van der Waals surface area contributed by atoms with E-state index >= 15 is 0 Å². The number of β-amino-alcohol motifs (C(OH)–C–C–N with tert-alkyl or cyclic N) is 1. The number of nitrogens with zero attached hydrogens (tertiary/aromatic N) is 5. The highest BCUT2D eigenvalue weighted by atomic mass is 32.1. The summed E-state index contributed by atoms with van der Waals surface area (Å²) in [7, 11) is 0. The molecule has 2 aromatic heterocycles. The van der Waals surface area contributed by atoms with Gasteiger partial charge < -0.3 is 14.6 Å². The van der Waals surface area contributed by atoms with E-state index in [4.69, 9.17) is 0 Å². The maximum absolute atomic E-state index is 12.9. The summed E-state index contributed by atoms with van der Waals surface area (Å²) >= 11 is 1.49. The summed E-state index contributed by atoms with van der Waals surface area (Å²) in [4.78, 5) is 17.8. The number of amides is 1. The molecule has 1 aromatic carbocycles. The third-order valence-corrected chi connectivity index (χ3v) is 7.04. The molecule has 7 nitrogen and oxygen atoms in total. The fourth-order valence-electron chi connectivity index (χ4n) is 4.48. The van der Waals surface area contributed by atoms with Crippen LogP contribution in [0.15, 0.2) is 41.8 Å². The summed E-state index contributed by atoms with van der Waals surface area (Å²) in [5, 5.41) is 21.2. The van der Waals surface area contributed by atoms with Crippen LogP contribution in [0.2, 0.25) is 0 Å². The first-order valence-electron chi connectivity index (χ1n) is 10.3. The van der Waals surface area contributed by atoms with Gasteiger partial charge in [-0.25, -0.2) is 0 Å². The lowest BCUT2D eigenvalue weighted by Gasteiger charge is -2.30. The highest BCUT2D eigenvalue weighted by molar-refractivity contribution is 7.12. The first-order chi connectivity index (χ1) is 14.6. The van der Waals surface area contributed by atoms with Gasteiger partial charge in [-0.05, 0) is 35.9 Å². The SMILES string of the molecule is Cc1ccsc1C(=O)N1CCn2c(nnc2[C@@H]2C[C@@H](O)CN2Cc2ccccc2)C1. The molecule has 0 unspecified atom stereocenters. The van der Waals surface area contributed by atoms with Crippen LogP contribution in [-0.2, 0) is 19.6 Å². The minimum atomic E-state index is -0.366. The lowest BCUT2D eigenvalue weighted by Crippen LogP contribution is -2.39. The summed E-state index contributed by atoms with van der Waals surface area (Å²) in [6, 6.07) is 12.3. The number of likely N-dealkylation sites (tertiary alicyclic amines) is 1. The van der Waals surface area contributed by atoms with E-state index in [0.29, 0.717) is 32.6 Å². The minimum Gasteiger partial charge on any atom is -0.392 e. The topological polar surface area (TPSA) is 74.5 Å². The fraction of sp³-hybridized carbons (Fsp3) is 0.409. The molecule has 2 atom stereocenters. The Morgan fingerprint density at radius 3 is 2.80 bits per heavy atom. The van der Waals surface area contributed by atoms with Crippen molar-refractivity contribution in [3.05, 3.63) is 69.4 Å². The van der Waals surface area contributed by atoms with Gasteiger partial charge in [0.2, 0.25) is 0 Å². The van der Waals surface area contributed by atoms with Crippen LogP contribution < -0.4 is 0 Å². The largest absolute Gasteiger partial charge is 0.392 e. The molecule has 0 saturated carbocycles. The predicted octanol–water partition coefficient (Wildman–Crippen LogP) is 2.61. The summed E-state index contributed by atoms with van der Waals surface area (Å²) in [6.07, 6.45) is 0.289. The summed E-state index contributed by atoms with van der Waals surface area (Å²) in [5.74, 6) is 1.79. The zero-order valence-corrected chi connectivity index (χ0v) is 17.8. The molecule has 1 N–H and O–H groups in total. The highest BCUT2D eigenvalue weighted by Gasteiger charge is 2.37. The van der Waals surface area contributed by atoms with Crippen LogP contribution in [0, 0.1) is 6.92 Å². The van der Waals surface area contributed by atoms with Crippen LogP contribution >= 0.6 is 11.3 Å². The molecule has 1 fully saturated rings. The number of hydrogen-bond acceptors (Lipinski definition) is 6. The number of rotatable bonds is 4. The molecule has 2 aliphatic heterocycles. The number of thiophene rings is 1. The Balaban J connectivity index is 1.35. The zero-order chi connectivity index (χ0) is 20.7. The van der Waals surface area contributed by atoms with Crippen molar-refractivity contribution in [1.29, 1.82) is 0 Å². The predicted molar refractivity (Wildman–Crippen MR) is 114 cm³/mol. The van der Waals surface area contributed by atoms with Crippen molar-refractivity contribution < 1.29 is 9.90 Å². The van der Waals surface area contributed by atoms with E-state index in [9.17, 15) is 9.90 Å². The van der Waals surface area contributed by atoms with Gasteiger partial charge in [0.25, 0.3) is 5.91 Å². The summed E-state index contributed by atoms with van der Waals surface area (Å²) < 4.78 is 2.14. The van der Waals surface area contributed by atoms with E-state index in [-0.39, 0.29) is 18.1 Å². The molecule has 4 heterocycles. The third kappa shape index (κ3) is 3.55. The van der Waals surface area contributed by atoms with E-state index in [0.717, 1.165) is 28.6 Å². The normalized spacial score (nSPS) is 21.7. The Labute approximate surface area is 179 Å². The molecule has 0 spiro atoms. The average Bonchev–Trinajstić information content (AvgIpc) is 3.46. The van der Waals surface area contributed by atoms with Gasteiger partial charge >= 0.3 is 0 Å². The van der Waals surface area contributed by atoms with Crippen molar-refractivity contribution in [1.82, 2.24) is 24.6 Å². The molecule has 0 bridgehead atoms. The monoisotopic (exact) mass is 423 g/mol. The van der Waals surface area contributed by atoms with Crippen molar-refractivity contribution >= 4 is 17.2 Å². The van der Waals surface area contributed by atoms with Crippen LogP contribution in [0.3, 0.4) is 0 Å².